The van der Waals surface area contributed by atoms with Crippen molar-refractivity contribution in [2.45, 2.75) is 12.5 Å². The van der Waals surface area contributed by atoms with Crippen LogP contribution in [0.5, 0.6) is 0 Å². The quantitative estimate of drug-likeness (QED) is 0.383. The molecule has 0 aromatic heterocycles. The molecule has 1 aromatic carbocycles. The summed E-state index contributed by atoms with van der Waals surface area (Å²) in [6.07, 6.45) is 1.04. The van der Waals surface area contributed by atoms with E-state index in [0.717, 1.165) is 82.7 Å². The average Bonchev–Trinajstić information content (AvgIpc) is 2.74. The standard InChI is InChI=1S/C20H32ClN5O2/c21-18-5-2-1-4-17(18)19(26-10-14-28-15-11-26)16-24-20(22)23-6-3-7-25-8-12-27-13-9-25/h1-2,4-5,19H,3,6-16H2,(H3,22,23,24). The van der Waals surface area contributed by atoms with Gasteiger partial charge in [0.1, 0.15) is 0 Å². The number of benzene rings is 1. The molecule has 0 spiro atoms. The van der Waals surface area contributed by atoms with Crippen molar-refractivity contribution in [2.75, 3.05) is 72.2 Å². The number of hydrogen-bond donors (Lipinski definition) is 2. The zero-order valence-corrected chi connectivity index (χ0v) is 17.2. The molecule has 2 saturated heterocycles. The maximum atomic E-state index is 6.46. The van der Waals surface area contributed by atoms with E-state index in [9.17, 15) is 0 Å². The van der Waals surface area contributed by atoms with Crippen molar-refractivity contribution >= 4 is 17.6 Å². The number of guanidine groups is 1. The third kappa shape index (κ3) is 6.60. The maximum absolute atomic E-state index is 6.46. The fourth-order valence-corrected chi connectivity index (χ4v) is 3.89. The zero-order valence-electron chi connectivity index (χ0n) is 16.5. The van der Waals surface area contributed by atoms with E-state index in [2.05, 4.69) is 26.2 Å². The lowest BCUT2D eigenvalue weighted by Gasteiger charge is -2.34. The lowest BCUT2D eigenvalue weighted by atomic mass is 10.0. The SMILES string of the molecule is NC(=NCC(c1ccccc1Cl)N1CCOCC1)NCCCN1CCOCC1. The van der Waals surface area contributed by atoms with E-state index in [1.807, 2.05) is 18.2 Å². The Bertz CT molecular complexity index is 618. The van der Waals surface area contributed by atoms with Gasteiger partial charge in [-0.3, -0.25) is 14.8 Å². The van der Waals surface area contributed by atoms with Crippen LogP contribution in [0.4, 0.5) is 0 Å². The number of morpholine rings is 2. The molecule has 28 heavy (non-hydrogen) atoms. The molecule has 0 saturated carbocycles. The lowest BCUT2D eigenvalue weighted by Crippen LogP contribution is -2.41. The van der Waals surface area contributed by atoms with Gasteiger partial charge in [-0.05, 0) is 24.6 Å². The number of nitrogens with two attached hydrogens (primary N) is 1. The van der Waals surface area contributed by atoms with Crippen molar-refractivity contribution in [3.63, 3.8) is 0 Å². The molecule has 2 aliphatic rings. The highest BCUT2D eigenvalue weighted by molar-refractivity contribution is 6.31. The fourth-order valence-electron chi connectivity index (χ4n) is 3.63. The smallest absolute Gasteiger partial charge is 0.188 e. The molecule has 1 atom stereocenters. The number of nitrogens with zero attached hydrogens (tertiary/aromatic N) is 3. The van der Waals surface area contributed by atoms with Crippen molar-refractivity contribution in [3.8, 4) is 0 Å². The van der Waals surface area contributed by atoms with Crippen molar-refractivity contribution in [1.82, 2.24) is 15.1 Å². The number of halogens is 1. The molecule has 8 heteroatoms. The second-order valence-corrected chi connectivity index (χ2v) is 7.55. The van der Waals surface area contributed by atoms with Crippen LogP contribution in [-0.2, 0) is 9.47 Å². The highest BCUT2D eigenvalue weighted by Crippen LogP contribution is 2.28. The molecule has 156 valence electrons. The molecule has 1 unspecified atom stereocenters. The Labute approximate surface area is 172 Å². The molecule has 1 aromatic rings. The van der Waals surface area contributed by atoms with Gasteiger partial charge in [0, 0.05) is 37.7 Å². The minimum absolute atomic E-state index is 0.103. The first kappa shape index (κ1) is 21.3. The van der Waals surface area contributed by atoms with Crippen molar-refractivity contribution in [3.05, 3.63) is 34.9 Å². The summed E-state index contributed by atoms with van der Waals surface area (Å²) in [4.78, 5) is 9.41. The molecule has 2 aliphatic heterocycles. The predicted molar refractivity (Wildman–Crippen MR) is 113 cm³/mol. The first-order chi connectivity index (χ1) is 13.7. The number of aliphatic imine (C=N–C) groups is 1. The van der Waals surface area contributed by atoms with Crippen LogP contribution in [0.1, 0.15) is 18.0 Å². The summed E-state index contributed by atoms with van der Waals surface area (Å²) in [5.74, 6) is 0.493. The predicted octanol–water partition coefficient (Wildman–Crippen LogP) is 1.34. The molecule has 0 radical (unpaired) electrons. The Morgan fingerprint density at radius 3 is 2.50 bits per heavy atom. The Kier molecular flexibility index (Phi) is 8.82. The van der Waals surface area contributed by atoms with Crippen LogP contribution in [0.25, 0.3) is 0 Å². The van der Waals surface area contributed by atoms with E-state index in [1.54, 1.807) is 0 Å². The van der Waals surface area contributed by atoms with Gasteiger partial charge < -0.3 is 20.5 Å². The number of hydrogen-bond acceptors (Lipinski definition) is 5. The number of nitrogens with one attached hydrogen (secondary N) is 1. The largest absolute Gasteiger partial charge is 0.379 e. The second-order valence-electron chi connectivity index (χ2n) is 7.15. The van der Waals surface area contributed by atoms with Gasteiger partial charge in [0.2, 0.25) is 0 Å². The Morgan fingerprint density at radius 2 is 1.79 bits per heavy atom. The molecule has 0 amide bonds. The summed E-state index contributed by atoms with van der Waals surface area (Å²) in [7, 11) is 0. The lowest BCUT2D eigenvalue weighted by molar-refractivity contribution is 0.0180. The van der Waals surface area contributed by atoms with E-state index < -0.39 is 0 Å². The summed E-state index contributed by atoms with van der Waals surface area (Å²) in [6.45, 7) is 9.37. The zero-order chi connectivity index (χ0) is 19.6. The normalized spacial score (nSPS) is 20.8. The van der Waals surface area contributed by atoms with Crippen LogP contribution in [0, 0.1) is 0 Å². The van der Waals surface area contributed by atoms with E-state index in [4.69, 9.17) is 26.8 Å². The molecule has 0 bridgehead atoms. The van der Waals surface area contributed by atoms with Crippen LogP contribution in [0.3, 0.4) is 0 Å². The monoisotopic (exact) mass is 409 g/mol. The molecule has 2 fully saturated rings. The molecule has 7 nitrogen and oxygen atoms in total. The first-order valence-corrected chi connectivity index (χ1v) is 10.5. The minimum atomic E-state index is 0.103. The Morgan fingerprint density at radius 1 is 1.11 bits per heavy atom. The van der Waals surface area contributed by atoms with Gasteiger partial charge in [-0.2, -0.15) is 0 Å². The third-order valence-corrected chi connectivity index (χ3v) is 5.59. The number of ether oxygens (including phenoxy) is 2. The topological polar surface area (TPSA) is 75.3 Å². The van der Waals surface area contributed by atoms with Crippen LogP contribution >= 0.6 is 11.6 Å². The molecular weight excluding hydrogens is 378 g/mol. The molecule has 3 N–H and O–H groups in total. The third-order valence-electron chi connectivity index (χ3n) is 5.25. The summed E-state index contributed by atoms with van der Waals surface area (Å²) in [5, 5.41) is 4.01. The van der Waals surface area contributed by atoms with Gasteiger partial charge in [-0.15, -0.1) is 0 Å². The van der Waals surface area contributed by atoms with Crippen molar-refractivity contribution < 1.29 is 9.47 Å². The molecule has 3 rings (SSSR count). The highest BCUT2D eigenvalue weighted by atomic mass is 35.5. The van der Waals surface area contributed by atoms with Crippen LogP contribution < -0.4 is 11.1 Å². The maximum Gasteiger partial charge on any atom is 0.188 e. The first-order valence-electron chi connectivity index (χ1n) is 10.1. The highest BCUT2D eigenvalue weighted by Gasteiger charge is 2.24. The van der Waals surface area contributed by atoms with Crippen LogP contribution in [-0.4, -0.2) is 88.0 Å². The molecule has 2 heterocycles. The summed E-state index contributed by atoms with van der Waals surface area (Å²) >= 11 is 6.46. The summed E-state index contributed by atoms with van der Waals surface area (Å²) < 4.78 is 10.9. The van der Waals surface area contributed by atoms with Gasteiger partial charge in [0.25, 0.3) is 0 Å². The van der Waals surface area contributed by atoms with E-state index in [1.165, 1.54) is 0 Å². The van der Waals surface area contributed by atoms with E-state index >= 15 is 0 Å². The Balaban J connectivity index is 1.50. The van der Waals surface area contributed by atoms with Crippen molar-refractivity contribution in [2.24, 2.45) is 10.7 Å². The van der Waals surface area contributed by atoms with Gasteiger partial charge >= 0.3 is 0 Å². The fraction of sp³-hybridized carbons (Fsp3) is 0.650. The van der Waals surface area contributed by atoms with Crippen LogP contribution in [0.15, 0.2) is 29.3 Å². The van der Waals surface area contributed by atoms with Gasteiger partial charge in [0.15, 0.2) is 5.96 Å². The van der Waals surface area contributed by atoms with Gasteiger partial charge in [-0.25, -0.2) is 0 Å². The number of rotatable bonds is 8. The van der Waals surface area contributed by atoms with Gasteiger partial charge in [0.05, 0.1) is 39.0 Å². The van der Waals surface area contributed by atoms with Gasteiger partial charge in [-0.1, -0.05) is 29.8 Å². The molecule has 0 aliphatic carbocycles. The van der Waals surface area contributed by atoms with E-state index in [-0.39, 0.29) is 6.04 Å². The van der Waals surface area contributed by atoms with Crippen LogP contribution in [0.2, 0.25) is 5.02 Å². The second kappa shape index (κ2) is 11.6. The minimum Gasteiger partial charge on any atom is -0.379 e. The summed E-state index contributed by atoms with van der Waals surface area (Å²) in [6, 6.07) is 8.08. The van der Waals surface area contributed by atoms with Crippen molar-refractivity contribution in [1.29, 1.82) is 0 Å². The summed E-state index contributed by atoms with van der Waals surface area (Å²) in [5.41, 5.74) is 7.21. The average molecular weight is 410 g/mol. The van der Waals surface area contributed by atoms with E-state index in [0.29, 0.717) is 12.5 Å². The molecular formula is C20H32ClN5O2. The Hall–Kier alpha value is -1.38.